The van der Waals surface area contributed by atoms with Gasteiger partial charge in [0, 0.05) is 17.8 Å². The fourth-order valence-electron chi connectivity index (χ4n) is 2.18. The maximum Gasteiger partial charge on any atom is 0.335 e. The van der Waals surface area contributed by atoms with Gasteiger partial charge in [0.05, 0.1) is 39.9 Å². The summed E-state index contributed by atoms with van der Waals surface area (Å²) in [5.74, 6) is -1.08. The Balaban J connectivity index is 2.15. The van der Waals surface area contributed by atoms with Crippen molar-refractivity contribution < 1.29 is 18.7 Å². The van der Waals surface area contributed by atoms with E-state index in [1.807, 2.05) is 0 Å². The fraction of sp³-hybridized carbons (Fsp3) is 0. The highest BCUT2D eigenvalue weighted by Crippen LogP contribution is 2.31. The summed E-state index contributed by atoms with van der Waals surface area (Å²) in [6.07, 6.45) is 4.55. The molecule has 0 aliphatic carbocycles. The summed E-state index contributed by atoms with van der Waals surface area (Å²) in [7, 11) is 0. The van der Waals surface area contributed by atoms with Crippen LogP contribution in [0.4, 0.5) is 11.4 Å². The lowest BCUT2D eigenvalue weighted by Gasteiger charge is -2.26. The number of fused-ring (bicyclic) bond motifs is 1. The van der Waals surface area contributed by atoms with Gasteiger partial charge in [-0.3, -0.25) is 18.5 Å². The zero-order valence-corrected chi connectivity index (χ0v) is 12.4. The number of pyridine rings is 2. The number of rotatable bonds is 4. The van der Waals surface area contributed by atoms with Crippen LogP contribution in [0.25, 0.3) is 10.9 Å². The lowest BCUT2D eigenvalue weighted by atomic mass is 10.2. The standard InChI is InChI=1S/C15H11N3O4S/c19-15(20)10-3-5-12(6-4-10)18(23(21)22)13-9-16-8-11-2-1-7-17-14(11)13/h1-9H,(H,19,20)(H,21,22)/p-1. The minimum Gasteiger partial charge on any atom is -0.755 e. The first-order valence-corrected chi connectivity index (χ1v) is 7.52. The molecular formula is C15H10N3O4S-. The maximum absolute atomic E-state index is 11.7. The lowest BCUT2D eigenvalue weighted by Crippen LogP contribution is -2.20. The summed E-state index contributed by atoms with van der Waals surface area (Å²) in [4.78, 5) is 19.2. The Labute approximate surface area is 133 Å². The predicted octanol–water partition coefficient (Wildman–Crippen LogP) is 2.26. The molecule has 0 radical (unpaired) electrons. The summed E-state index contributed by atoms with van der Waals surface area (Å²) >= 11 is -2.62. The molecule has 8 heteroatoms. The minimum atomic E-state index is -2.62. The van der Waals surface area contributed by atoms with Crippen molar-refractivity contribution >= 4 is 39.5 Å². The number of carbonyl (C=O) groups is 1. The van der Waals surface area contributed by atoms with Crippen LogP contribution in [0.15, 0.2) is 55.0 Å². The van der Waals surface area contributed by atoms with Crippen molar-refractivity contribution in [1.82, 2.24) is 9.97 Å². The molecule has 23 heavy (non-hydrogen) atoms. The summed E-state index contributed by atoms with van der Waals surface area (Å²) in [6, 6.07) is 9.02. The molecule has 0 aliphatic rings. The first-order chi connectivity index (χ1) is 11.1. The van der Waals surface area contributed by atoms with Crippen LogP contribution in [-0.4, -0.2) is 29.8 Å². The van der Waals surface area contributed by atoms with Gasteiger partial charge in [-0.15, -0.1) is 0 Å². The highest BCUT2D eigenvalue weighted by atomic mass is 32.2. The molecule has 1 atom stereocenters. The van der Waals surface area contributed by atoms with Crippen LogP contribution < -0.4 is 4.31 Å². The molecule has 0 amide bonds. The minimum absolute atomic E-state index is 0.0690. The van der Waals surface area contributed by atoms with Crippen molar-refractivity contribution in [2.75, 3.05) is 4.31 Å². The van der Waals surface area contributed by atoms with Gasteiger partial charge in [0.15, 0.2) is 0 Å². The Morgan fingerprint density at radius 1 is 1.17 bits per heavy atom. The van der Waals surface area contributed by atoms with Crippen molar-refractivity contribution in [1.29, 1.82) is 0 Å². The molecule has 3 aromatic rings. The van der Waals surface area contributed by atoms with Gasteiger partial charge in [0.2, 0.25) is 0 Å². The van der Waals surface area contributed by atoms with Gasteiger partial charge in [0.25, 0.3) is 0 Å². The molecule has 2 heterocycles. The van der Waals surface area contributed by atoms with E-state index in [1.165, 1.54) is 30.5 Å². The summed E-state index contributed by atoms with van der Waals surface area (Å²) in [5.41, 5.74) is 1.14. The molecular weight excluding hydrogens is 318 g/mol. The van der Waals surface area contributed by atoms with E-state index in [4.69, 9.17) is 5.11 Å². The molecule has 0 saturated heterocycles. The molecule has 0 aliphatic heterocycles. The number of carboxylic acids is 1. The molecule has 3 rings (SSSR count). The molecule has 0 saturated carbocycles. The Bertz CT molecular complexity index is 893. The first-order valence-electron chi connectivity index (χ1n) is 6.49. The van der Waals surface area contributed by atoms with Crippen LogP contribution in [0.1, 0.15) is 10.4 Å². The number of hydrogen-bond donors (Lipinski definition) is 1. The van der Waals surface area contributed by atoms with Crippen LogP contribution >= 0.6 is 0 Å². The zero-order valence-electron chi connectivity index (χ0n) is 11.6. The van der Waals surface area contributed by atoms with Gasteiger partial charge < -0.3 is 9.66 Å². The second kappa shape index (κ2) is 6.11. The van der Waals surface area contributed by atoms with Gasteiger partial charge in [-0.25, -0.2) is 4.79 Å². The van der Waals surface area contributed by atoms with Crippen LogP contribution in [-0.2, 0) is 11.3 Å². The third kappa shape index (κ3) is 2.89. The zero-order chi connectivity index (χ0) is 16.4. The Kier molecular flexibility index (Phi) is 4.00. The number of hydrogen-bond acceptors (Lipinski definition) is 5. The molecule has 1 unspecified atom stereocenters. The molecule has 1 N–H and O–H groups in total. The first kappa shape index (κ1) is 15.1. The van der Waals surface area contributed by atoms with Crippen LogP contribution in [0, 0.1) is 0 Å². The van der Waals surface area contributed by atoms with E-state index in [1.54, 1.807) is 24.5 Å². The number of anilines is 2. The smallest absolute Gasteiger partial charge is 0.335 e. The molecule has 0 spiro atoms. The summed E-state index contributed by atoms with van der Waals surface area (Å²) in [5, 5.41) is 9.62. The van der Waals surface area contributed by atoms with Crippen LogP contribution in [0.2, 0.25) is 0 Å². The second-order valence-electron chi connectivity index (χ2n) is 4.60. The van der Waals surface area contributed by atoms with E-state index >= 15 is 0 Å². The van der Waals surface area contributed by atoms with Crippen molar-refractivity contribution in [3.63, 3.8) is 0 Å². The monoisotopic (exact) mass is 328 g/mol. The molecule has 2 aromatic heterocycles. The Morgan fingerprint density at radius 3 is 2.57 bits per heavy atom. The largest absolute Gasteiger partial charge is 0.755 e. The third-order valence-corrected chi connectivity index (χ3v) is 3.91. The number of aromatic nitrogens is 2. The van der Waals surface area contributed by atoms with Gasteiger partial charge >= 0.3 is 5.97 Å². The highest BCUT2D eigenvalue weighted by molar-refractivity contribution is 7.81. The van der Waals surface area contributed by atoms with E-state index in [-0.39, 0.29) is 5.56 Å². The number of aromatic carboxylic acids is 1. The number of benzene rings is 1. The maximum atomic E-state index is 11.7. The highest BCUT2D eigenvalue weighted by Gasteiger charge is 2.15. The second-order valence-corrected chi connectivity index (χ2v) is 5.40. The van der Waals surface area contributed by atoms with E-state index in [0.29, 0.717) is 22.3 Å². The van der Waals surface area contributed by atoms with E-state index < -0.39 is 17.2 Å². The molecule has 0 fully saturated rings. The van der Waals surface area contributed by atoms with E-state index in [0.717, 1.165) is 4.31 Å². The molecule has 1 aromatic carbocycles. The van der Waals surface area contributed by atoms with Gasteiger partial charge in [-0.05, 0) is 36.4 Å². The van der Waals surface area contributed by atoms with E-state index in [9.17, 15) is 13.6 Å². The fourth-order valence-corrected chi connectivity index (χ4v) is 2.77. The van der Waals surface area contributed by atoms with Gasteiger partial charge in [0.1, 0.15) is 0 Å². The van der Waals surface area contributed by atoms with Crippen LogP contribution in [0.3, 0.4) is 0 Å². The van der Waals surface area contributed by atoms with Crippen molar-refractivity contribution in [2.24, 2.45) is 0 Å². The SMILES string of the molecule is O=C(O)c1ccc(N(c2cncc3cccnc23)S(=O)[O-])cc1. The third-order valence-electron chi connectivity index (χ3n) is 3.21. The van der Waals surface area contributed by atoms with Crippen LogP contribution in [0.5, 0.6) is 0 Å². The predicted molar refractivity (Wildman–Crippen MR) is 84.0 cm³/mol. The normalized spacial score (nSPS) is 12.0. The molecule has 7 nitrogen and oxygen atoms in total. The number of carboxylic acid groups (broad SMARTS) is 1. The quantitative estimate of drug-likeness (QED) is 0.736. The topological polar surface area (TPSA) is 106 Å². The summed E-state index contributed by atoms with van der Waals surface area (Å²) in [6.45, 7) is 0. The average Bonchev–Trinajstić information content (AvgIpc) is 2.55. The molecule has 116 valence electrons. The summed E-state index contributed by atoms with van der Waals surface area (Å²) < 4.78 is 24.5. The number of nitrogens with zero attached hydrogens (tertiary/aromatic N) is 3. The van der Waals surface area contributed by atoms with Crippen molar-refractivity contribution in [3.8, 4) is 0 Å². The van der Waals surface area contributed by atoms with Gasteiger partial charge in [-0.2, -0.15) is 0 Å². The van der Waals surface area contributed by atoms with Crippen molar-refractivity contribution in [3.05, 3.63) is 60.6 Å². The van der Waals surface area contributed by atoms with E-state index in [2.05, 4.69) is 9.97 Å². The Morgan fingerprint density at radius 2 is 1.91 bits per heavy atom. The lowest BCUT2D eigenvalue weighted by molar-refractivity contribution is 0.0697. The molecule has 0 bridgehead atoms. The Hall–Kier alpha value is -2.84. The average molecular weight is 328 g/mol. The van der Waals surface area contributed by atoms with Crippen molar-refractivity contribution in [2.45, 2.75) is 0 Å². The van der Waals surface area contributed by atoms with Gasteiger partial charge in [-0.1, -0.05) is 0 Å².